The first-order valence-electron chi connectivity index (χ1n) is 7.76. The number of urea groups is 1. The molecule has 0 rings (SSSR count). The highest BCUT2D eigenvalue weighted by atomic mass is 16.6. The van der Waals surface area contributed by atoms with Gasteiger partial charge in [0.1, 0.15) is 17.7 Å². The normalized spacial score (nSPS) is 14.2. The molecule has 0 saturated heterocycles. The van der Waals surface area contributed by atoms with Gasteiger partial charge in [-0.1, -0.05) is 27.7 Å². The molecule has 0 aliphatic carbocycles. The Labute approximate surface area is 138 Å². The molecule has 0 radical (unpaired) electrons. The van der Waals surface area contributed by atoms with Crippen LogP contribution in [-0.4, -0.2) is 42.8 Å². The third kappa shape index (κ3) is 7.85. The standard InChI is InChI=1S/C16H30N2O5/c1-9(2)11(13(19)22-8)17-15(21)18-12(10(3)4)14(20)23-16(5,6)7/h9-12H,1-8H3,(H2,17,18,21)/t11-,12-/m1/s1. The lowest BCUT2D eigenvalue weighted by molar-refractivity contribution is -0.158. The molecule has 0 heterocycles. The second-order valence-electron chi connectivity index (χ2n) is 7.12. The molecule has 23 heavy (non-hydrogen) atoms. The first kappa shape index (κ1) is 21.2. The van der Waals surface area contributed by atoms with Crippen molar-refractivity contribution < 1.29 is 23.9 Å². The van der Waals surface area contributed by atoms with Crippen LogP contribution in [0.25, 0.3) is 0 Å². The average molecular weight is 330 g/mol. The van der Waals surface area contributed by atoms with Gasteiger partial charge < -0.3 is 20.1 Å². The summed E-state index contributed by atoms with van der Waals surface area (Å²) >= 11 is 0. The Morgan fingerprint density at radius 1 is 0.826 bits per heavy atom. The maximum absolute atomic E-state index is 12.2. The number of rotatable bonds is 6. The highest BCUT2D eigenvalue weighted by Crippen LogP contribution is 2.12. The summed E-state index contributed by atoms with van der Waals surface area (Å²) in [5.74, 6) is -1.35. The Morgan fingerprint density at radius 2 is 1.22 bits per heavy atom. The minimum atomic E-state index is -0.806. The Hall–Kier alpha value is -1.79. The Kier molecular flexibility index (Phi) is 8.06. The lowest BCUT2D eigenvalue weighted by Gasteiger charge is -2.27. The van der Waals surface area contributed by atoms with E-state index in [-0.39, 0.29) is 11.8 Å². The molecule has 0 bridgehead atoms. The quantitative estimate of drug-likeness (QED) is 0.725. The lowest BCUT2D eigenvalue weighted by Crippen LogP contribution is -2.55. The third-order valence-corrected chi connectivity index (χ3v) is 3.02. The van der Waals surface area contributed by atoms with Gasteiger partial charge in [-0.05, 0) is 32.6 Å². The fourth-order valence-electron chi connectivity index (χ4n) is 1.81. The van der Waals surface area contributed by atoms with Crippen molar-refractivity contribution in [3.05, 3.63) is 0 Å². The van der Waals surface area contributed by atoms with Gasteiger partial charge in [-0.15, -0.1) is 0 Å². The van der Waals surface area contributed by atoms with Crippen LogP contribution in [0.2, 0.25) is 0 Å². The van der Waals surface area contributed by atoms with Gasteiger partial charge in [0.25, 0.3) is 0 Å². The van der Waals surface area contributed by atoms with E-state index in [0.29, 0.717) is 0 Å². The summed E-state index contributed by atoms with van der Waals surface area (Å²) in [6, 6.07) is -2.20. The number of carbonyl (C=O) groups excluding carboxylic acids is 3. The van der Waals surface area contributed by atoms with Crippen LogP contribution in [0.15, 0.2) is 0 Å². The van der Waals surface area contributed by atoms with E-state index in [4.69, 9.17) is 4.74 Å². The number of amides is 2. The molecule has 0 saturated carbocycles. The molecule has 7 heteroatoms. The fourth-order valence-corrected chi connectivity index (χ4v) is 1.81. The summed E-state index contributed by atoms with van der Waals surface area (Å²) in [6.07, 6.45) is 0. The van der Waals surface area contributed by atoms with Gasteiger partial charge >= 0.3 is 18.0 Å². The van der Waals surface area contributed by atoms with Crippen molar-refractivity contribution in [1.82, 2.24) is 10.6 Å². The van der Waals surface area contributed by atoms with Crippen LogP contribution in [-0.2, 0) is 19.1 Å². The molecule has 0 aliphatic heterocycles. The monoisotopic (exact) mass is 330 g/mol. The topological polar surface area (TPSA) is 93.7 Å². The highest BCUT2D eigenvalue weighted by molar-refractivity contribution is 5.87. The predicted molar refractivity (Wildman–Crippen MR) is 86.8 cm³/mol. The molecule has 134 valence electrons. The van der Waals surface area contributed by atoms with Gasteiger partial charge in [-0.25, -0.2) is 14.4 Å². The van der Waals surface area contributed by atoms with Crippen molar-refractivity contribution in [2.75, 3.05) is 7.11 Å². The van der Waals surface area contributed by atoms with Gasteiger partial charge in [-0.3, -0.25) is 0 Å². The van der Waals surface area contributed by atoms with Crippen molar-refractivity contribution in [1.29, 1.82) is 0 Å². The van der Waals surface area contributed by atoms with Gasteiger partial charge in [0.15, 0.2) is 0 Å². The van der Waals surface area contributed by atoms with E-state index in [9.17, 15) is 14.4 Å². The van der Waals surface area contributed by atoms with Crippen molar-refractivity contribution in [3.8, 4) is 0 Å². The number of methoxy groups -OCH3 is 1. The molecule has 0 aromatic heterocycles. The molecule has 2 atom stereocenters. The van der Waals surface area contributed by atoms with Gasteiger partial charge in [0, 0.05) is 0 Å². The van der Waals surface area contributed by atoms with Crippen LogP contribution in [0.4, 0.5) is 4.79 Å². The molecule has 2 N–H and O–H groups in total. The van der Waals surface area contributed by atoms with Crippen molar-refractivity contribution in [2.24, 2.45) is 11.8 Å². The maximum Gasteiger partial charge on any atom is 0.329 e. The van der Waals surface area contributed by atoms with E-state index in [2.05, 4.69) is 15.4 Å². The van der Waals surface area contributed by atoms with Crippen LogP contribution in [0.3, 0.4) is 0 Å². The van der Waals surface area contributed by atoms with Crippen LogP contribution in [0.1, 0.15) is 48.5 Å². The van der Waals surface area contributed by atoms with E-state index < -0.39 is 35.7 Å². The summed E-state index contributed by atoms with van der Waals surface area (Å²) in [5.41, 5.74) is -0.644. The molecular weight excluding hydrogens is 300 g/mol. The van der Waals surface area contributed by atoms with Crippen molar-refractivity contribution >= 4 is 18.0 Å². The molecule has 0 aliphatic rings. The molecule has 0 unspecified atom stereocenters. The van der Waals surface area contributed by atoms with E-state index in [0.717, 1.165) is 0 Å². The number of ether oxygens (including phenoxy) is 2. The van der Waals surface area contributed by atoms with E-state index in [1.54, 1.807) is 48.5 Å². The van der Waals surface area contributed by atoms with Gasteiger partial charge in [0.05, 0.1) is 7.11 Å². The van der Waals surface area contributed by atoms with E-state index in [1.165, 1.54) is 7.11 Å². The second-order valence-corrected chi connectivity index (χ2v) is 7.12. The van der Waals surface area contributed by atoms with Gasteiger partial charge in [-0.2, -0.15) is 0 Å². The molecular formula is C16H30N2O5. The number of esters is 2. The van der Waals surface area contributed by atoms with Crippen LogP contribution in [0, 0.1) is 11.8 Å². The summed E-state index contributed by atoms with van der Waals surface area (Å²) in [6.45, 7) is 12.5. The average Bonchev–Trinajstić information content (AvgIpc) is 2.38. The number of hydrogen-bond donors (Lipinski definition) is 2. The second kappa shape index (κ2) is 8.74. The van der Waals surface area contributed by atoms with Gasteiger partial charge in [0.2, 0.25) is 0 Å². The molecule has 7 nitrogen and oxygen atoms in total. The number of nitrogens with one attached hydrogen (secondary N) is 2. The summed E-state index contributed by atoms with van der Waals surface area (Å²) in [5, 5.41) is 5.11. The summed E-state index contributed by atoms with van der Waals surface area (Å²) in [4.78, 5) is 36.0. The first-order valence-corrected chi connectivity index (χ1v) is 7.76. The number of carbonyl (C=O) groups is 3. The summed E-state index contributed by atoms with van der Waals surface area (Å²) < 4.78 is 9.98. The zero-order valence-corrected chi connectivity index (χ0v) is 15.4. The predicted octanol–water partition coefficient (Wildman–Crippen LogP) is 1.85. The minimum Gasteiger partial charge on any atom is -0.467 e. The SMILES string of the molecule is COC(=O)[C@H](NC(=O)N[C@@H](C(=O)OC(C)(C)C)C(C)C)C(C)C. The largest absolute Gasteiger partial charge is 0.467 e. The lowest BCUT2D eigenvalue weighted by atomic mass is 10.0. The molecule has 0 spiro atoms. The minimum absolute atomic E-state index is 0.146. The maximum atomic E-state index is 12.2. The van der Waals surface area contributed by atoms with Crippen LogP contribution < -0.4 is 10.6 Å². The first-order chi connectivity index (χ1) is 10.4. The third-order valence-electron chi connectivity index (χ3n) is 3.02. The van der Waals surface area contributed by atoms with Crippen LogP contribution in [0.5, 0.6) is 0 Å². The van der Waals surface area contributed by atoms with E-state index >= 15 is 0 Å². The molecule has 0 aromatic carbocycles. The molecule has 2 amide bonds. The zero-order chi connectivity index (χ0) is 18.4. The molecule has 0 fully saturated rings. The summed E-state index contributed by atoms with van der Waals surface area (Å²) in [7, 11) is 1.26. The Balaban J connectivity index is 4.92. The van der Waals surface area contributed by atoms with E-state index in [1.807, 2.05) is 0 Å². The molecule has 0 aromatic rings. The highest BCUT2D eigenvalue weighted by Gasteiger charge is 2.31. The number of hydrogen-bond acceptors (Lipinski definition) is 5. The van der Waals surface area contributed by atoms with Crippen molar-refractivity contribution in [3.63, 3.8) is 0 Å². The smallest absolute Gasteiger partial charge is 0.329 e. The fraction of sp³-hybridized carbons (Fsp3) is 0.812. The Morgan fingerprint density at radius 3 is 1.52 bits per heavy atom. The zero-order valence-electron chi connectivity index (χ0n) is 15.4. The van der Waals surface area contributed by atoms with Crippen LogP contribution >= 0.6 is 0 Å². The Bertz CT molecular complexity index is 427. The van der Waals surface area contributed by atoms with Crippen molar-refractivity contribution in [2.45, 2.75) is 66.2 Å².